The number of ether oxygens (including phenoxy) is 1. The van der Waals surface area contributed by atoms with Crippen LogP contribution in [0, 0.1) is 5.92 Å². The van der Waals surface area contributed by atoms with Crippen LogP contribution < -0.4 is 15.4 Å². The van der Waals surface area contributed by atoms with Crippen molar-refractivity contribution < 1.29 is 4.74 Å². The molecular formula is C19H30N6O. The van der Waals surface area contributed by atoms with Crippen molar-refractivity contribution >= 4 is 5.96 Å². The Labute approximate surface area is 155 Å². The van der Waals surface area contributed by atoms with Crippen LogP contribution in [0.3, 0.4) is 0 Å². The van der Waals surface area contributed by atoms with Crippen molar-refractivity contribution in [3.8, 4) is 5.75 Å². The highest BCUT2D eigenvalue weighted by Crippen LogP contribution is 2.13. The average molecular weight is 358 g/mol. The number of hydrogen-bond acceptors (Lipinski definition) is 4. The molecule has 0 saturated carbocycles. The molecule has 0 radical (unpaired) electrons. The number of nitrogens with one attached hydrogen (secondary N) is 2. The molecule has 0 spiro atoms. The third-order valence-corrected chi connectivity index (χ3v) is 3.74. The molecule has 7 heteroatoms. The van der Waals surface area contributed by atoms with Crippen molar-refractivity contribution in [2.75, 3.05) is 19.7 Å². The van der Waals surface area contributed by atoms with Gasteiger partial charge in [-0.25, -0.2) is 9.98 Å². The van der Waals surface area contributed by atoms with Gasteiger partial charge in [-0.05, 0) is 37.0 Å². The van der Waals surface area contributed by atoms with Crippen LogP contribution >= 0.6 is 0 Å². The SMILES string of the molecule is CCNC(=NCc1ncnn1C)NCCc1ccc(OCC(C)C)cc1. The van der Waals surface area contributed by atoms with Crippen LogP contribution in [-0.4, -0.2) is 40.4 Å². The first-order valence-electron chi connectivity index (χ1n) is 9.15. The maximum absolute atomic E-state index is 5.72. The van der Waals surface area contributed by atoms with E-state index in [0.29, 0.717) is 12.5 Å². The molecule has 2 N–H and O–H groups in total. The standard InChI is InChI=1S/C19H30N6O/c1-5-20-19(22-12-18-23-14-24-25(18)4)21-11-10-16-6-8-17(9-7-16)26-13-15(2)3/h6-9,14-15H,5,10-13H2,1-4H3,(H2,20,21,22). The lowest BCUT2D eigenvalue weighted by Gasteiger charge is -2.12. The van der Waals surface area contributed by atoms with Crippen LogP contribution in [0.4, 0.5) is 0 Å². The first kappa shape index (κ1) is 19.8. The minimum Gasteiger partial charge on any atom is -0.493 e. The summed E-state index contributed by atoms with van der Waals surface area (Å²) in [6.45, 7) is 9.20. The maximum Gasteiger partial charge on any atom is 0.191 e. The number of aromatic nitrogens is 3. The van der Waals surface area contributed by atoms with Gasteiger partial charge in [-0.15, -0.1) is 0 Å². The van der Waals surface area contributed by atoms with Crippen LogP contribution in [0.1, 0.15) is 32.2 Å². The Balaban J connectivity index is 1.80. The summed E-state index contributed by atoms with van der Waals surface area (Å²) in [4.78, 5) is 8.74. The number of guanidine groups is 1. The van der Waals surface area contributed by atoms with E-state index in [1.165, 1.54) is 5.56 Å². The third kappa shape index (κ3) is 6.74. The van der Waals surface area contributed by atoms with Gasteiger partial charge in [0.15, 0.2) is 5.96 Å². The van der Waals surface area contributed by atoms with Gasteiger partial charge in [-0.3, -0.25) is 4.68 Å². The fraction of sp³-hybridized carbons (Fsp3) is 0.526. The Morgan fingerprint density at radius 2 is 2.00 bits per heavy atom. The lowest BCUT2D eigenvalue weighted by atomic mass is 10.1. The molecule has 26 heavy (non-hydrogen) atoms. The van der Waals surface area contributed by atoms with Gasteiger partial charge in [0.1, 0.15) is 24.4 Å². The molecule has 0 saturated heterocycles. The summed E-state index contributed by atoms with van der Waals surface area (Å²) >= 11 is 0. The van der Waals surface area contributed by atoms with E-state index in [4.69, 9.17) is 4.74 Å². The summed E-state index contributed by atoms with van der Waals surface area (Å²) in [5.74, 6) is 3.07. The molecule has 7 nitrogen and oxygen atoms in total. The molecule has 0 amide bonds. The fourth-order valence-corrected chi connectivity index (χ4v) is 2.30. The van der Waals surface area contributed by atoms with Crippen LogP contribution in [0.15, 0.2) is 35.6 Å². The molecule has 0 atom stereocenters. The lowest BCUT2D eigenvalue weighted by Crippen LogP contribution is -2.38. The Bertz CT molecular complexity index is 678. The summed E-state index contributed by atoms with van der Waals surface area (Å²) in [7, 11) is 1.87. The van der Waals surface area contributed by atoms with Gasteiger partial charge >= 0.3 is 0 Å². The van der Waals surface area contributed by atoms with E-state index in [2.05, 4.69) is 58.6 Å². The minimum atomic E-state index is 0.494. The predicted molar refractivity (Wildman–Crippen MR) is 104 cm³/mol. The highest BCUT2D eigenvalue weighted by Gasteiger charge is 2.02. The van der Waals surface area contributed by atoms with Gasteiger partial charge < -0.3 is 15.4 Å². The molecule has 0 aliphatic heterocycles. The number of aliphatic imine (C=N–C) groups is 1. The van der Waals surface area contributed by atoms with Crippen LogP contribution in [0.2, 0.25) is 0 Å². The minimum absolute atomic E-state index is 0.494. The second-order valence-electron chi connectivity index (χ2n) is 6.52. The average Bonchev–Trinajstić information content (AvgIpc) is 3.04. The zero-order valence-electron chi connectivity index (χ0n) is 16.2. The van der Waals surface area contributed by atoms with Crippen molar-refractivity contribution in [2.24, 2.45) is 18.0 Å². The largest absolute Gasteiger partial charge is 0.493 e. The number of aryl methyl sites for hydroxylation is 1. The first-order chi connectivity index (χ1) is 12.6. The third-order valence-electron chi connectivity index (χ3n) is 3.74. The second kappa shape index (κ2) is 10.4. The van der Waals surface area contributed by atoms with E-state index in [1.54, 1.807) is 11.0 Å². The lowest BCUT2D eigenvalue weighted by molar-refractivity contribution is 0.271. The molecule has 0 aliphatic rings. The first-order valence-corrected chi connectivity index (χ1v) is 9.15. The molecule has 1 heterocycles. The summed E-state index contributed by atoms with van der Waals surface area (Å²) in [5.41, 5.74) is 1.26. The van der Waals surface area contributed by atoms with Crippen molar-refractivity contribution in [1.82, 2.24) is 25.4 Å². The quantitative estimate of drug-likeness (QED) is 0.531. The number of rotatable bonds is 9. The fourth-order valence-electron chi connectivity index (χ4n) is 2.30. The monoisotopic (exact) mass is 358 g/mol. The van der Waals surface area contributed by atoms with Crippen molar-refractivity contribution in [2.45, 2.75) is 33.7 Å². The maximum atomic E-state index is 5.72. The summed E-state index contributed by atoms with van der Waals surface area (Å²) in [6, 6.07) is 8.29. The predicted octanol–water partition coefficient (Wildman–Crippen LogP) is 2.15. The van der Waals surface area contributed by atoms with E-state index in [1.807, 2.05) is 19.2 Å². The van der Waals surface area contributed by atoms with Gasteiger partial charge in [-0.1, -0.05) is 26.0 Å². The molecule has 142 valence electrons. The Hall–Kier alpha value is -2.57. The van der Waals surface area contributed by atoms with Gasteiger partial charge in [0.2, 0.25) is 0 Å². The molecule has 2 aromatic rings. The van der Waals surface area contributed by atoms with Gasteiger partial charge in [0.05, 0.1) is 6.61 Å². The van der Waals surface area contributed by atoms with Crippen molar-refractivity contribution in [3.63, 3.8) is 0 Å². The smallest absolute Gasteiger partial charge is 0.191 e. The molecule has 0 unspecified atom stereocenters. The van der Waals surface area contributed by atoms with E-state index in [9.17, 15) is 0 Å². The van der Waals surface area contributed by atoms with E-state index in [-0.39, 0.29) is 0 Å². The van der Waals surface area contributed by atoms with Gasteiger partial charge in [-0.2, -0.15) is 5.10 Å². The normalized spacial score (nSPS) is 11.7. The summed E-state index contributed by atoms with van der Waals surface area (Å²) < 4.78 is 7.45. The summed E-state index contributed by atoms with van der Waals surface area (Å²) in [6.07, 6.45) is 2.46. The Morgan fingerprint density at radius 3 is 2.62 bits per heavy atom. The second-order valence-corrected chi connectivity index (χ2v) is 6.52. The number of hydrogen-bond donors (Lipinski definition) is 2. The highest BCUT2D eigenvalue weighted by molar-refractivity contribution is 5.79. The topological polar surface area (TPSA) is 76.4 Å². The molecule has 0 fully saturated rings. The van der Waals surface area contributed by atoms with Crippen molar-refractivity contribution in [1.29, 1.82) is 0 Å². The Morgan fingerprint density at radius 1 is 1.23 bits per heavy atom. The molecule has 0 aliphatic carbocycles. The zero-order valence-corrected chi connectivity index (χ0v) is 16.2. The van der Waals surface area contributed by atoms with Gasteiger partial charge in [0.25, 0.3) is 0 Å². The molecule has 1 aromatic carbocycles. The molecular weight excluding hydrogens is 328 g/mol. The van der Waals surface area contributed by atoms with Crippen LogP contribution in [-0.2, 0) is 20.0 Å². The van der Waals surface area contributed by atoms with Crippen LogP contribution in [0.5, 0.6) is 5.75 Å². The zero-order chi connectivity index (χ0) is 18.8. The van der Waals surface area contributed by atoms with Gasteiger partial charge in [0, 0.05) is 20.1 Å². The Kier molecular flexibility index (Phi) is 7.92. The van der Waals surface area contributed by atoms with Crippen molar-refractivity contribution in [3.05, 3.63) is 42.0 Å². The molecule has 1 aromatic heterocycles. The van der Waals surface area contributed by atoms with E-state index < -0.39 is 0 Å². The summed E-state index contributed by atoms with van der Waals surface area (Å²) in [5, 5.41) is 10.7. The molecule has 2 rings (SSSR count). The highest BCUT2D eigenvalue weighted by atomic mass is 16.5. The number of benzene rings is 1. The molecule has 0 bridgehead atoms. The van der Waals surface area contributed by atoms with E-state index in [0.717, 1.165) is 43.7 Å². The van der Waals surface area contributed by atoms with E-state index >= 15 is 0 Å². The number of nitrogens with zero attached hydrogens (tertiary/aromatic N) is 4. The van der Waals surface area contributed by atoms with Crippen LogP contribution in [0.25, 0.3) is 0 Å².